The van der Waals surface area contributed by atoms with Gasteiger partial charge in [0, 0.05) is 41.8 Å². The zero-order chi connectivity index (χ0) is 12.7. The largest absolute Gasteiger partial charge is 0.496 e. The van der Waals surface area contributed by atoms with E-state index in [1.807, 2.05) is 0 Å². The standard InChI is InChI=1S/C14H19BrN2O/c1-16-8-13-6-12(16)9-17(13)7-10-3-4-11(15)5-14(10)18-2/h3-5,12-13H,6-9H2,1-2H3/t12-,13-/m0/s1. The van der Waals surface area contributed by atoms with Gasteiger partial charge in [0.1, 0.15) is 5.75 Å². The van der Waals surface area contributed by atoms with Crippen molar-refractivity contribution in [2.45, 2.75) is 25.0 Å². The van der Waals surface area contributed by atoms with Gasteiger partial charge in [-0.3, -0.25) is 4.90 Å². The van der Waals surface area contributed by atoms with Gasteiger partial charge in [-0.15, -0.1) is 0 Å². The van der Waals surface area contributed by atoms with E-state index >= 15 is 0 Å². The zero-order valence-corrected chi connectivity index (χ0v) is 12.5. The number of rotatable bonds is 3. The van der Waals surface area contributed by atoms with E-state index in [1.54, 1.807) is 7.11 Å². The molecular weight excluding hydrogens is 292 g/mol. The van der Waals surface area contributed by atoms with E-state index in [-0.39, 0.29) is 0 Å². The first-order valence-corrected chi connectivity index (χ1v) is 7.23. The lowest BCUT2D eigenvalue weighted by molar-refractivity contribution is 0.142. The van der Waals surface area contributed by atoms with Crippen LogP contribution in [0.15, 0.2) is 22.7 Å². The topological polar surface area (TPSA) is 15.7 Å². The van der Waals surface area contributed by atoms with Crippen LogP contribution in [-0.2, 0) is 6.54 Å². The van der Waals surface area contributed by atoms with Gasteiger partial charge in [-0.05, 0) is 25.6 Å². The van der Waals surface area contributed by atoms with Crippen LogP contribution in [0.2, 0.25) is 0 Å². The molecule has 2 atom stereocenters. The van der Waals surface area contributed by atoms with E-state index in [9.17, 15) is 0 Å². The molecule has 18 heavy (non-hydrogen) atoms. The van der Waals surface area contributed by atoms with Crippen LogP contribution in [-0.4, -0.2) is 49.1 Å². The number of methoxy groups -OCH3 is 1. The molecule has 3 rings (SSSR count). The van der Waals surface area contributed by atoms with Crippen molar-refractivity contribution in [1.29, 1.82) is 0 Å². The molecule has 1 aromatic rings. The molecular formula is C14H19BrN2O. The van der Waals surface area contributed by atoms with Crippen molar-refractivity contribution >= 4 is 15.9 Å². The van der Waals surface area contributed by atoms with Crippen molar-refractivity contribution in [3.05, 3.63) is 28.2 Å². The van der Waals surface area contributed by atoms with Gasteiger partial charge in [-0.2, -0.15) is 0 Å². The average Bonchev–Trinajstić information content (AvgIpc) is 2.90. The summed E-state index contributed by atoms with van der Waals surface area (Å²) in [4.78, 5) is 5.08. The lowest BCUT2D eigenvalue weighted by atomic mass is 10.1. The second kappa shape index (κ2) is 4.83. The Morgan fingerprint density at radius 1 is 1.33 bits per heavy atom. The van der Waals surface area contributed by atoms with Crippen molar-refractivity contribution in [1.82, 2.24) is 9.80 Å². The van der Waals surface area contributed by atoms with Crippen LogP contribution in [0.3, 0.4) is 0 Å². The van der Waals surface area contributed by atoms with Crippen molar-refractivity contribution in [3.63, 3.8) is 0 Å². The lowest BCUT2D eigenvalue weighted by Crippen LogP contribution is -2.43. The van der Waals surface area contributed by atoms with Crippen molar-refractivity contribution in [3.8, 4) is 5.75 Å². The maximum atomic E-state index is 5.47. The average molecular weight is 311 g/mol. The zero-order valence-electron chi connectivity index (χ0n) is 10.9. The molecule has 0 unspecified atom stereocenters. The summed E-state index contributed by atoms with van der Waals surface area (Å²) < 4.78 is 6.55. The van der Waals surface area contributed by atoms with Gasteiger partial charge in [0.05, 0.1) is 7.11 Å². The Kier molecular flexibility index (Phi) is 3.34. The predicted octanol–water partition coefficient (Wildman–Crippen LogP) is 2.35. The number of likely N-dealkylation sites (N-methyl/N-ethyl adjacent to an activating group) is 1. The molecule has 2 aliphatic rings. The molecule has 2 heterocycles. The van der Waals surface area contributed by atoms with Crippen LogP contribution in [0.1, 0.15) is 12.0 Å². The van der Waals surface area contributed by atoms with Gasteiger partial charge in [-0.1, -0.05) is 22.0 Å². The molecule has 3 nitrogen and oxygen atoms in total. The number of benzene rings is 1. The highest BCUT2D eigenvalue weighted by atomic mass is 79.9. The first kappa shape index (κ1) is 12.5. The van der Waals surface area contributed by atoms with Crippen LogP contribution < -0.4 is 4.74 Å². The van der Waals surface area contributed by atoms with Crippen LogP contribution in [0.4, 0.5) is 0 Å². The fourth-order valence-electron chi connectivity index (χ4n) is 3.21. The lowest BCUT2D eigenvalue weighted by Gasteiger charge is -2.32. The Morgan fingerprint density at radius 3 is 2.78 bits per heavy atom. The van der Waals surface area contributed by atoms with E-state index in [0.717, 1.165) is 28.9 Å². The molecule has 0 N–H and O–H groups in total. The van der Waals surface area contributed by atoms with Crippen LogP contribution in [0.5, 0.6) is 5.75 Å². The van der Waals surface area contributed by atoms with Gasteiger partial charge < -0.3 is 9.64 Å². The second-order valence-electron chi connectivity index (χ2n) is 5.37. The first-order chi connectivity index (χ1) is 8.67. The number of piperazine rings is 1. The molecule has 0 aromatic heterocycles. The second-order valence-corrected chi connectivity index (χ2v) is 6.28. The Bertz CT molecular complexity index is 449. The van der Waals surface area contributed by atoms with Crippen LogP contribution in [0, 0.1) is 0 Å². The molecule has 2 saturated heterocycles. The van der Waals surface area contributed by atoms with Crippen molar-refractivity contribution in [2.75, 3.05) is 27.2 Å². The minimum Gasteiger partial charge on any atom is -0.496 e. The summed E-state index contributed by atoms with van der Waals surface area (Å²) in [6.45, 7) is 3.41. The van der Waals surface area contributed by atoms with Gasteiger partial charge in [0.2, 0.25) is 0 Å². The number of halogens is 1. The minimum atomic E-state index is 0.730. The molecule has 0 amide bonds. The van der Waals surface area contributed by atoms with Crippen LogP contribution >= 0.6 is 15.9 Å². The highest BCUT2D eigenvalue weighted by molar-refractivity contribution is 9.10. The monoisotopic (exact) mass is 310 g/mol. The summed E-state index contributed by atoms with van der Waals surface area (Å²) in [5.41, 5.74) is 1.29. The normalized spacial score (nSPS) is 27.9. The van der Waals surface area contributed by atoms with Crippen molar-refractivity contribution in [2.24, 2.45) is 0 Å². The molecule has 98 valence electrons. The Hall–Kier alpha value is -0.580. The van der Waals surface area contributed by atoms with E-state index in [4.69, 9.17) is 4.74 Å². The molecule has 2 bridgehead atoms. The van der Waals surface area contributed by atoms with Gasteiger partial charge in [0.15, 0.2) is 0 Å². The smallest absolute Gasteiger partial charge is 0.124 e. The summed E-state index contributed by atoms with van der Waals surface area (Å²) in [5.74, 6) is 0.987. The summed E-state index contributed by atoms with van der Waals surface area (Å²) in [7, 11) is 3.98. The number of fused-ring (bicyclic) bond motifs is 2. The Morgan fingerprint density at radius 2 is 2.17 bits per heavy atom. The maximum absolute atomic E-state index is 5.47. The third-order valence-electron chi connectivity index (χ3n) is 4.25. The number of hydrogen-bond acceptors (Lipinski definition) is 3. The predicted molar refractivity (Wildman–Crippen MR) is 75.9 cm³/mol. The fourth-order valence-corrected chi connectivity index (χ4v) is 3.55. The molecule has 1 aromatic carbocycles. The Balaban J connectivity index is 1.74. The molecule has 0 saturated carbocycles. The summed E-state index contributed by atoms with van der Waals surface area (Å²) in [6, 6.07) is 7.80. The summed E-state index contributed by atoms with van der Waals surface area (Å²) >= 11 is 3.49. The highest BCUT2D eigenvalue weighted by Gasteiger charge is 2.41. The minimum absolute atomic E-state index is 0.730. The number of likely N-dealkylation sites (tertiary alicyclic amines) is 2. The number of nitrogens with zero attached hydrogens (tertiary/aromatic N) is 2. The highest BCUT2D eigenvalue weighted by Crippen LogP contribution is 2.32. The van der Waals surface area contributed by atoms with E-state index in [1.165, 1.54) is 25.1 Å². The number of hydrogen-bond donors (Lipinski definition) is 0. The van der Waals surface area contributed by atoms with Gasteiger partial charge >= 0.3 is 0 Å². The van der Waals surface area contributed by atoms with Crippen molar-refractivity contribution < 1.29 is 4.74 Å². The van der Waals surface area contributed by atoms with Gasteiger partial charge in [-0.25, -0.2) is 0 Å². The van der Waals surface area contributed by atoms with Gasteiger partial charge in [0.25, 0.3) is 0 Å². The quantitative estimate of drug-likeness (QED) is 0.852. The third kappa shape index (κ3) is 2.17. The fraction of sp³-hybridized carbons (Fsp3) is 0.571. The molecule has 2 aliphatic heterocycles. The number of ether oxygens (including phenoxy) is 1. The molecule has 4 heteroatoms. The summed E-state index contributed by atoms with van der Waals surface area (Å²) in [6.07, 6.45) is 1.33. The Labute approximate surface area is 117 Å². The first-order valence-electron chi connectivity index (χ1n) is 6.44. The molecule has 2 fully saturated rings. The third-order valence-corrected chi connectivity index (χ3v) is 4.74. The van der Waals surface area contributed by atoms with Crippen LogP contribution in [0.25, 0.3) is 0 Å². The van der Waals surface area contributed by atoms with E-state index < -0.39 is 0 Å². The van der Waals surface area contributed by atoms with E-state index in [2.05, 4.69) is 51.0 Å². The van der Waals surface area contributed by atoms with E-state index in [0.29, 0.717) is 0 Å². The maximum Gasteiger partial charge on any atom is 0.124 e. The molecule has 0 aliphatic carbocycles. The molecule has 0 radical (unpaired) electrons. The SMILES string of the molecule is COc1cc(Br)ccc1CN1C[C@@H]2C[C@H]1CN2C. The molecule has 0 spiro atoms. The summed E-state index contributed by atoms with van der Waals surface area (Å²) in [5, 5.41) is 0.